The van der Waals surface area contributed by atoms with E-state index in [-0.39, 0.29) is 73.0 Å². The van der Waals surface area contributed by atoms with Crippen molar-refractivity contribution < 1.29 is 31.9 Å². The van der Waals surface area contributed by atoms with Crippen molar-refractivity contribution in [2.75, 3.05) is 6.54 Å². The average Bonchev–Trinajstić information content (AvgIpc) is 3.80. The van der Waals surface area contributed by atoms with Gasteiger partial charge in [0.15, 0.2) is 5.78 Å². The molecule has 9 nitrogen and oxygen atoms in total. The molecule has 1 aliphatic carbocycles. The number of nitrogens with one attached hydrogen (secondary N) is 3. The lowest BCUT2D eigenvalue weighted by molar-refractivity contribution is -0.137. The number of para-hydroxylation sites is 1. The zero-order chi connectivity index (χ0) is 39.2. The van der Waals surface area contributed by atoms with Crippen molar-refractivity contribution in [2.24, 2.45) is 23.7 Å². The van der Waals surface area contributed by atoms with E-state index in [4.69, 9.17) is 12.2 Å². The van der Waals surface area contributed by atoms with Crippen LogP contribution in [0.15, 0.2) is 55.1 Å². The van der Waals surface area contributed by atoms with E-state index in [2.05, 4.69) is 25.7 Å². The first-order chi connectivity index (χ1) is 25.7. The average molecular weight is 769 g/mol. The number of fused-ring (bicyclic) bond motifs is 3. The van der Waals surface area contributed by atoms with Crippen molar-refractivity contribution in [1.29, 1.82) is 0 Å². The van der Waals surface area contributed by atoms with Crippen molar-refractivity contribution in [3.63, 3.8) is 0 Å². The molecule has 2 heterocycles. The first-order valence-corrected chi connectivity index (χ1v) is 19.0. The Morgan fingerprint density at radius 1 is 1.02 bits per heavy atom. The van der Waals surface area contributed by atoms with Gasteiger partial charge in [-0.3, -0.25) is 19.1 Å². The summed E-state index contributed by atoms with van der Waals surface area (Å²) in [6.45, 7) is 8.71. The number of benzene rings is 2. The molecule has 4 aromatic rings. The van der Waals surface area contributed by atoms with Gasteiger partial charge in [0.2, 0.25) is 5.91 Å². The Kier molecular flexibility index (Phi) is 13.1. The lowest BCUT2D eigenvalue weighted by Crippen LogP contribution is -2.60. The number of hydrogen-bond acceptors (Lipinski definition) is 6. The zero-order valence-electron chi connectivity index (χ0n) is 31.1. The van der Waals surface area contributed by atoms with Gasteiger partial charge in [-0.05, 0) is 47.9 Å². The maximum Gasteiger partial charge on any atom is 0.418 e. The molecule has 54 heavy (non-hydrogen) atoms. The predicted molar refractivity (Wildman–Crippen MR) is 202 cm³/mol. The molecule has 0 radical (unpaired) electrons. The van der Waals surface area contributed by atoms with Gasteiger partial charge in [-0.15, -0.1) is 0 Å². The summed E-state index contributed by atoms with van der Waals surface area (Å²) in [6, 6.07) is 9.96. The SMILES string of the molecule is CCC(C)[C@H](CC(=O)Cc1ccccc1F)C(=O)N[C@]1(C(=O)C[C@H](C(=S)NCCn2cncn2)C(C)CC)CCc2[nH]c3c(C(F)(F)F)cccc3c2C1. The first-order valence-electron chi connectivity index (χ1n) is 18.6. The number of aryl methyl sites for hydroxylation is 1. The third-order valence-corrected chi connectivity index (χ3v) is 11.6. The summed E-state index contributed by atoms with van der Waals surface area (Å²) in [6.07, 6.45) is -0.363. The number of aromatic nitrogens is 4. The highest BCUT2D eigenvalue weighted by Crippen LogP contribution is 2.41. The molecule has 0 spiro atoms. The number of amides is 1. The number of rotatable bonds is 17. The maximum absolute atomic E-state index is 14.9. The van der Waals surface area contributed by atoms with Crippen LogP contribution in [0.5, 0.6) is 0 Å². The lowest BCUT2D eigenvalue weighted by Gasteiger charge is -2.40. The van der Waals surface area contributed by atoms with Crippen molar-refractivity contribution in [2.45, 2.75) is 97.3 Å². The topological polar surface area (TPSA) is 122 Å². The van der Waals surface area contributed by atoms with Crippen LogP contribution in [0.2, 0.25) is 0 Å². The van der Waals surface area contributed by atoms with E-state index in [0.29, 0.717) is 41.1 Å². The van der Waals surface area contributed by atoms with E-state index in [1.54, 1.807) is 23.1 Å². The van der Waals surface area contributed by atoms with Crippen LogP contribution in [0.1, 0.15) is 82.2 Å². The molecular weight excluding hydrogens is 721 g/mol. The largest absolute Gasteiger partial charge is 0.418 e. The number of carbonyl (C=O) groups excluding carboxylic acids is 3. The molecule has 3 N–H and O–H groups in total. The summed E-state index contributed by atoms with van der Waals surface area (Å²) in [5.74, 6) is -3.10. The van der Waals surface area contributed by atoms with Crippen LogP contribution in [-0.4, -0.2) is 54.3 Å². The molecule has 14 heteroatoms. The van der Waals surface area contributed by atoms with E-state index in [9.17, 15) is 31.9 Å². The fourth-order valence-corrected chi connectivity index (χ4v) is 7.88. The minimum atomic E-state index is -4.60. The highest BCUT2D eigenvalue weighted by Gasteiger charge is 2.46. The Balaban J connectivity index is 1.47. The third-order valence-electron chi connectivity index (χ3n) is 11.2. The van der Waals surface area contributed by atoms with Crippen LogP contribution in [0.4, 0.5) is 17.6 Å². The Morgan fingerprint density at radius 2 is 1.74 bits per heavy atom. The number of nitrogens with zero attached hydrogens (tertiary/aromatic N) is 3. The highest BCUT2D eigenvalue weighted by atomic mass is 32.1. The second kappa shape index (κ2) is 17.3. The fourth-order valence-electron chi connectivity index (χ4n) is 7.46. The predicted octanol–water partition coefficient (Wildman–Crippen LogP) is 7.36. The number of ketones is 2. The number of Topliss-reactive ketones (excluding diaryl/α,β-unsaturated/α-hetero) is 2. The van der Waals surface area contributed by atoms with Crippen LogP contribution in [-0.2, 0) is 46.4 Å². The van der Waals surface area contributed by atoms with Crippen LogP contribution >= 0.6 is 12.2 Å². The summed E-state index contributed by atoms with van der Waals surface area (Å²) < 4.78 is 58.4. The van der Waals surface area contributed by atoms with Gasteiger partial charge in [0.1, 0.15) is 29.8 Å². The van der Waals surface area contributed by atoms with Crippen LogP contribution in [0.3, 0.4) is 0 Å². The first kappa shape index (κ1) is 40.7. The summed E-state index contributed by atoms with van der Waals surface area (Å²) in [4.78, 5) is 50.1. The van der Waals surface area contributed by atoms with E-state index < -0.39 is 40.8 Å². The molecule has 5 rings (SSSR count). The monoisotopic (exact) mass is 768 g/mol. The standard InChI is InChI=1S/C40H48F4N6O3S/c1-5-24(3)29(19-27(51)18-26-10-7-8-13-33(26)41)37(53)49-39(15-14-34-31(21-39)28-11-9-12-32(36(28)48-34)40(42,43)44)35(52)20-30(25(4)6-2)38(54)46-16-17-50-23-45-22-47-50/h7-13,22-25,29-30,48H,5-6,14-21H2,1-4H3,(H,46,54)(H,49,53)/t24?,25?,29-,30-,39+/m0/s1. The zero-order valence-corrected chi connectivity index (χ0v) is 31.9. The van der Waals surface area contributed by atoms with Gasteiger partial charge in [0.25, 0.3) is 0 Å². The third kappa shape index (κ3) is 9.24. The molecule has 0 saturated carbocycles. The molecule has 290 valence electrons. The molecule has 0 saturated heterocycles. The Bertz CT molecular complexity index is 1960. The van der Waals surface area contributed by atoms with Crippen molar-refractivity contribution in [3.05, 3.63) is 83.3 Å². The molecule has 5 atom stereocenters. The summed E-state index contributed by atoms with van der Waals surface area (Å²) in [5, 5.41) is 10.8. The van der Waals surface area contributed by atoms with E-state index >= 15 is 0 Å². The second-order valence-electron chi connectivity index (χ2n) is 14.6. The van der Waals surface area contributed by atoms with Gasteiger partial charge in [0, 0.05) is 55.1 Å². The number of carbonyl (C=O) groups is 3. The molecule has 1 aliphatic rings. The van der Waals surface area contributed by atoms with E-state index in [0.717, 1.165) is 12.5 Å². The fraction of sp³-hybridized carbons (Fsp3) is 0.500. The van der Waals surface area contributed by atoms with Crippen LogP contribution in [0.25, 0.3) is 10.9 Å². The van der Waals surface area contributed by atoms with Crippen molar-refractivity contribution in [3.8, 4) is 0 Å². The van der Waals surface area contributed by atoms with Crippen molar-refractivity contribution in [1.82, 2.24) is 30.4 Å². The number of thiocarbonyl (C=S) groups is 1. The number of alkyl halides is 3. The molecular formula is C40H48F4N6O3S. The number of aromatic amines is 1. The Hall–Kier alpha value is -4.46. The molecule has 0 aliphatic heterocycles. The van der Waals surface area contributed by atoms with E-state index in [1.807, 2.05) is 27.7 Å². The Labute approximate surface area is 318 Å². The number of hydrogen-bond donors (Lipinski definition) is 3. The molecule has 2 unspecified atom stereocenters. The van der Waals surface area contributed by atoms with Gasteiger partial charge < -0.3 is 15.6 Å². The minimum absolute atomic E-state index is 0.0153. The van der Waals surface area contributed by atoms with Gasteiger partial charge in [-0.1, -0.05) is 83.1 Å². The highest BCUT2D eigenvalue weighted by molar-refractivity contribution is 7.80. The van der Waals surface area contributed by atoms with Crippen LogP contribution in [0, 0.1) is 29.5 Å². The van der Waals surface area contributed by atoms with Gasteiger partial charge in [-0.2, -0.15) is 18.3 Å². The Morgan fingerprint density at radius 3 is 2.41 bits per heavy atom. The second-order valence-corrected chi connectivity index (χ2v) is 15.1. The quantitative estimate of drug-likeness (QED) is 0.0758. The number of halogens is 4. The van der Waals surface area contributed by atoms with Gasteiger partial charge >= 0.3 is 6.18 Å². The molecule has 2 aromatic carbocycles. The van der Waals surface area contributed by atoms with Crippen LogP contribution < -0.4 is 10.6 Å². The molecule has 1 amide bonds. The number of H-pyrrole nitrogens is 1. The lowest BCUT2D eigenvalue weighted by atomic mass is 9.72. The summed E-state index contributed by atoms with van der Waals surface area (Å²) in [7, 11) is 0. The minimum Gasteiger partial charge on any atom is -0.378 e. The van der Waals surface area contributed by atoms with Gasteiger partial charge in [0.05, 0.1) is 22.6 Å². The van der Waals surface area contributed by atoms with Gasteiger partial charge in [-0.25, -0.2) is 9.37 Å². The smallest absolute Gasteiger partial charge is 0.378 e. The summed E-state index contributed by atoms with van der Waals surface area (Å²) in [5.41, 5.74) is -0.995. The maximum atomic E-state index is 14.9. The van der Waals surface area contributed by atoms with Crippen molar-refractivity contribution >= 4 is 45.6 Å². The normalized spacial score (nSPS) is 18.0. The summed E-state index contributed by atoms with van der Waals surface area (Å²) >= 11 is 5.85. The molecule has 0 bridgehead atoms. The molecule has 2 aromatic heterocycles. The molecule has 0 fully saturated rings. The van der Waals surface area contributed by atoms with E-state index in [1.165, 1.54) is 30.6 Å².